The van der Waals surface area contributed by atoms with Crippen LogP contribution in [0, 0.1) is 5.82 Å². The third kappa shape index (κ3) is 2.30. The van der Waals surface area contributed by atoms with Crippen LogP contribution in [-0.4, -0.2) is 10.1 Å². The van der Waals surface area contributed by atoms with E-state index in [1.165, 1.54) is 18.5 Å². The van der Waals surface area contributed by atoms with Crippen molar-refractivity contribution in [3.8, 4) is 0 Å². The first kappa shape index (κ1) is 10.9. The van der Waals surface area contributed by atoms with Crippen molar-refractivity contribution in [3.05, 3.63) is 34.6 Å². The van der Waals surface area contributed by atoms with Crippen LogP contribution in [0.5, 0.6) is 0 Å². The molecule has 0 aliphatic carbocycles. The van der Waals surface area contributed by atoms with Gasteiger partial charge < -0.3 is 15.6 Å². The molecule has 1 heterocycles. The molecular formula is C9H8BrFN4O. The minimum atomic E-state index is -0.384. The monoisotopic (exact) mass is 286 g/mol. The van der Waals surface area contributed by atoms with E-state index >= 15 is 0 Å². The minimum Gasteiger partial charge on any atom is -0.397 e. The summed E-state index contributed by atoms with van der Waals surface area (Å²) in [5.41, 5.74) is 6.64. The highest BCUT2D eigenvalue weighted by Crippen LogP contribution is 2.26. The lowest BCUT2D eigenvalue weighted by molar-refractivity contribution is 0.411. The van der Waals surface area contributed by atoms with Crippen LogP contribution < -0.4 is 11.1 Å². The smallest absolute Gasteiger partial charge is 0.213 e. The van der Waals surface area contributed by atoms with E-state index in [1.807, 2.05) is 0 Å². The highest BCUT2D eigenvalue weighted by Gasteiger charge is 2.06. The van der Waals surface area contributed by atoms with Crippen molar-refractivity contribution in [2.45, 2.75) is 6.54 Å². The Balaban J connectivity index is 2.12. The Morgan fingerprint density at radius 1 is 1.50 bits per heavy atom. The van der Waals surface area contributed by atoms with Crippen molar-refractivity contribution >= 4 is 27.3 Å². The number of nitrogen functional groups attached to an aromatic ring is 1. The van der Waals surface area contributed by atoms with E-state index in [0.717, 1.165) is 0 Å². The molecule has 0 unspecified atom stereocenters. The second-order valence-corrected chi connectivity index (χ2v) is 3.91. The first-order valence-corrected chi connectivity index (χ1v) is 5.20. The molecule has 0 atom stereocenters. The fourth-order valence-electron chi connectivity index (χ4n) is 1.16. The molecule has 16 heavy (non-hydrogen) atoms. The normalized spacial score (nSPS) is 10.4. The van der Waals surface area contributed by atoms with Crippen molar-refractivity contribution in [2.24, 2.45) is 0 Å². The summed E-state index contributed by atoms with van der Waals surface area (Å²) < 4.78 is 18.1. The molecular weight excluding hydrogens is 279 g/mol. The van der Waals surface area contributed by atoms with Gasteiger partial charge >= 0.3 is 0 Å². The summed E-state index contributed by atoms with van der Waals surface area (Å²) in [6, 6.07) is 2.80. The van der Waals surface area contributed by atoms with Gasteiger partial charge in [-0.1, -0.05) is 5.16 Å². The molecule has 0 fully saturated rings. The van der Waals surface area contributed by atoms with E-state index < -0.39 is 0 Å². The molecule has 0 aliphatic rings. The van der Waals surface area contributed by atoms with Crippen LogP contribution >= 0.6 is 15.9 Å². The zero-order valence-corrected chi connectivity index (χ0v) is 9.66. The number of nitrogens with one attached hydrogen (secondary N) is 1. The van der Waals surface area contributed by atoms with Gasteiger partial charge in [0.05, 0.1) is 22.4 Å². The van der Waals surface area contributed by atoms with Crippen LogP contribution in [0.15, 0.2) is 27.5 Å². The van der Waals surface area contributed by atoms with Crippen molar-refractivity contribution in [1.29, 1.82) is 0 Å². The zero-order chi connectivity index (χ0) is 11.5. The first-order chi connectivity index (χ1) is 7.66. The Hall–Kier alpha value is -1.63. The zero-order valence-electron chi connectivity index (χ0n) is 8.08. The molecule has 0 saturated heterocycles. The van der Waals surface area contributed by atoms with Gasteiger partial charge in [-0.05, 0) is 22.0 Å². The molecule has 3 N–H and O–H groups in total. The van der Waals surface area contributed by atoms with Crippen molar-refractivity contribution in [1.82, 2.24) is 10.1 Å². The summed E-state index contributed by atoms with van der Waals surface area (Å²) in [5, 5.41) is 6.52. The highest BCUT2D eigenvalue weighted by molar-refractivity contribution is 9.10. The van der Waals surface area contributed by atoms with E-state index in [2.05, 4.69) is 35.9 Å². The molecule has 1 aromatic heterocycles. The fraction of sp³-hybridized carbons (Fsp3) is 0.111. The molecule has 7 heteroatoms. The van der Waals surface area contributed by atoms with Crippen LogP contribution in [-0.2, 0) is 6.54 Å². The van der Waals surface area contributed by atoms with Gasteiger partial charge in [0.15, 0.2) is 5.82 Å². The Morgan fingerprint density at radius 2 is 2.31 bits per heavy atom. The summed E-state index contributed by atoms with van der Waals surface area (Å²) >= 11 is 3.05. The Bertz CT molecular complexity index is 489. The van der Waals surface area contributed by atoms with Gasteiger partial charge in [0.2, 0.25) is 6.39 Å². The second kappa shape index (κ2) is 4.48. The third-order valence-corrected chi connectivity index (χ3v) is 2.54. The Labute approximate surface area is 99.0 Å². The summed E-state index contributed by atoms with van der Waals surface area (Å²) in [4.78, 5) is 3.82. The van der Waals surface area contributed by atoms with E-state index in [1.54, 1.807) is 0 Å². The molecule has 0 radical (unpaired) electrons. The molecule has 0 spiro atoms. The van der Waals surface area contributed by atoms with Gasteiger partial charge in [0.25, 0.3) is 0 Å². The molecule has 5 nitrogen and oxygen atoms in total. The van der Waals surface area contributed by atoms with Crippen LogP contribution in [0.1, 0.15) is 5.82 Å². The molecule has 0 amide bonds. The third-order valence-electron chi connectivity index (χ3n) is 1.94. The minimum absolute atomic E-state index is 0.321. The molecule has 2 rings (SSSR count). The number of nitrogens with zero attached hydrogens (tertiary/aromatic N) is 2. The standard InChI is InChI=1S/C9H8BrFN4O/c10-5-1-7(12)8(2-6(5)11)13-3-9-14-4-16-15-9/h1-2,4,13H,3,12H2. The predicted octanol–water partition coefficient (Wildman–Crippen LogP) is 2.17. The quantitative estimate of drug-likeness (QED) is 0.846. The van der Waals surface area contributed by atoms with Gasteiger partial charge in [-0.3, -0.25) is 0 Å². The lowest BCUT2D eigenvalue weighted by Crippen LogP contribution is -2.04. The van der Waals surface area contributed by atoms with E-state index in [-0.39, 0.29) is 5.82 Å². The number of hydrogen-bond acceptors (Lipinski definition) is 5. The topological polar surface area (TPSA) is 77.0 Å². The predicted molar refractivity (Wildman–Crippen MR) is 60.1 cm³/mol. The number of halogens is 2. The van der Waals surface area contributed by atoms with E-state index in [4.69, 9.17) is 5.73 Å². The van der Waals surface area contributed by atoms with Gasteiger partial charge in [0.1, 0.15) is 5.82 Å². The molecule has 0 aliphatic heterocycles. The number of rotatable bonds is 3. The summed E-state index contributed by atoms with van der Waals surface area (Å²) in [7, 11) is 0. The highest BCUT2D eigenvalue weighted by atomic mass is 79.9. The number of nitrogens with two attached hydrogens (primary N) is 1. The summed E-state index contributed by atoms with van der Waals surface area (Å²) in [5.74, 6) is 0.0903. The second-order valence-electron chi connectivity index (χ2n) is 3.05. The maximum absolute atomic E-state index is 13.2. The lowest BCUT2D eigenvalue weighted by Gasteiger charge is -2.08. The number of aromatic nitrogens is 2. The average Bonchev–Trinajstić information content (AvgIpc) is 2.74. The maximum Gasteiger partial charge on any atom is 0.213 e. The molecule has 0 saturated carbocycles. The SMILES string of the molecule is Nc1cc(Br)c(F)cc1NCc1ncon1. The van der Waals surface area contributed by atoms with Crippen molar-refractivity contribution in [3.63, 3.8) is 0 Å². The summed E-state index contributed by atoms with van der Waals surface area (Å²) in [6.07, 6.45) is 1.22. The van der Waals surface area contributed by atoms with Crippen molar-refractivity contribution < 1.29 is 8.91 Å². The van der Waals surface area contributed by atoms with Gasteiger partial charge in [-0.2, -0.15) is 4.98 Å². The van der Waals surface area contributed by atoms with E-state index in [0.29, 0.717) is 28.2 Å². The lowest BCUT2D eigenvalue weighted by atomic mass is 10.2. The average molecular weight is 287 g/mol. The van der Waals surface area contributed by atoms with Crippen molar-refractivity contribution in [2.75, 3.05) is 11.1 Å². The molecule has 2 aromatic rings. The van der Waals surface area contributed by atoms with Crippen LogP contribution in [0.3, 0.4) is 0 Å². The number of benzene rings is 1. The molecule has 1 aromatic carbocycles. The largest absolute Gasteiger partial charge is 0.397 e. The Morgan fingerprint density at radius 3 is 3.00 bits per heavy atom. The van der Waals surface area contributed by atoms with Crippen LogP contribution in [0.4, 0.5) is 15.8 Å². The Kier molecular flexibility index (Phi) is 3.04. The fourth-order valence-corrected chi connectivity index (χ4v) is 1.52. The first-order valence-electron chi connectivity index (χ1n) is 4.40. The molecule has 84 valence electrons. The summed E-state index contributed by atoms with van der Waals surface area (Å²) in [6.45, 7) is 0.321. The molecule has 0 bridgehead atoms. The van der Waals surface area contributed by atoms with Gasteiger partial charge in [0, 0.05) is 6.07 Å². The van der Waals surface area contributed by atoms with Crippen LogP contribution in [0.25, 0.3) is 0 Å². The number of anilines is 2. The van der Waals surface area contributed by atoms with E-state index in [9.17, 15) is 4.39 Å². The van der Waals surface area contributed by atoms with Crippen LogP contribution in [0.2, 0.25) is 0 Å². The number of hydrogen-bond donors (Lipinski definition) is 2. The van der Waals surface area contributed by atoms with Gasteiger partial charge in [-0.25, -0.2) is 4.39 Å². The maximum atomic E-state index is 13.2. The van der Waals surface area contributed by atoms with Gasteiger partial charge in [-0.15, -0.1) is 0 Å².